The molecule has 2 saturated heterocycles. The second kappa shape index (κ2) is 10.9. The van der Waals surface area contributed by atoms with Gasteiger partial charge in [0.25, 0.3) is 11.8 Å². The van der Waals surface area contributed by atoms with Gasteiger partial charge in [0, 0.05) is 21.5 Å². The molecule has 4 aliphatic rings. The highest BCUT2D eigenvalue weighted by Gasteiger charge is 2.77. The lowest BCUT2D eigenvalue weighted by molar-refractivity contribution is -0.125. The number of halogens is 9. The second-order valence-electron chi connectivity index (χ2n) is 11.9. The van der Waals surface area contributed by atoms with Crippen LogP contribution < -0.4 is 9.80 Å². The Morgan fingerprint density at radius 1 is 0.729 bits per heavy atom. The number of phenols is 1. The van der Waals surface area contributed by atoms with E-state index < -0.39 is 104 Å². The van der Waals surface area contributed by atoms with Crippen LogP contribution in [0.5, 0.6) is 5.75 Å². The number of anilines is 2. The molecule has 2 heterocycles. The molecule has 0 spiro atoms. The molecule has 6 unspecified atom stereocenters. The van der Waals surface area contributed by atoms with Crippen molar-refractivity contribution in [3.8, 4) is 5.75 Å². The van der Waals surface area contributed by atoms with Gasteiger partial charge in [0.2, 0.25) is 17.6 Å². The van der Waals surface area contributed by atoms with Gasteiger partial charge in [0.1, 0.15) is 11.4 Å². The summed E-state index contributed by atoms with van der Waals surface area (Å²) in [5.74, 6) is -22.5. The normalized spacial score (nSPS) is 29.6. The Morgan fingerprint density at radius 3 is 1.94 bits per heavy atom. The molecular formula is C32H17Cl4F5N2O5. The quantitative estimate of drug-likeness (QED) is 0.0767. The largest absolute Gasteiger partial charge is 0.508 e. The Bertz CT molecular complexity index is 2020. The van der Waals surface area contributed by atoms with Gasteiger partial charge in [-0.1, -0.05) is 34.9 Å². The molecule has 7 nitrogen and oxygen atoms in total. The number of allylic oxidation sites excluding steroid dienone is 2. The molecular weight excluding hydrogens is 729 g/mol. The molecule has 248 valence electrons. The summed E-state index contributed by atoms with van der Waals surface area (Å²) < 4.78 is 73.0. The third-order valence-corrected chi connectivity index (χ3v) is 11.5. The van der Waals surface area contributed by atoms with Gasteiger partial charge in [-0.2, -0.15) is 0 Å². The first kappa shape index (κ1) is 32.8. The van der Waals surface area contributed by atoms with Crippen molar-refractivity contribution in [1.29, 1.82) is 0 Å². The third kappa shape index (κ3) is 4.12. The fourth-order valence-corrected chi connectivity index (χ4v) is 8.75. The van der Waals surface area contributed by atoms with E-state index in [0.717, 1.165) is 11.0 Å². The number of benzene rings is 3. The van der Waals surface area contributed by atoms with Crippen molar-refractivity contribution >= 4 is 81.4 Å². The van der Waals surface area contributed by atoms with Crippen molar-refractivity contribution in [3.63, 3.8) is 0 Å². The van der Waals surface area contributed by atoms with Crippen LogP contribution in [0.1, 0.15) is 24.3 Å². The number of amides is 4. The maximum absolute atomic E-state index is 15.1. The van der Waals surface area contributed by atoms with Gasteiger partial charge < -0.3 is 5.11 Å². The third-order valence-electron chi connectivity index (χ3n) is 9.61. The summed E-state index contributed by atoms with van der Waals surface area (Å²) in [6.07, 6.45) is 0.744. The molecule has 48 heavy (non-hydrogen) atoms. The van der Waals surface area contributed by atoms with E-state index in [1.807, 2.05) is 0 Å². The maximum atomic E-state index is 15.1. The minimum atomic E-state index is -2.79. The highest BCUT2D eigenvalue weighted by molar-refractivity contribution is 6.58. The first-order chi connectivity index (χ1) is 22.6. The van der Waals surface area contributed by atoms with Crippen molar-refractivity contribution in [3.05, 3.63) is 98.8 Å². The first-order valence-corrected chi connectivity index (χ1v) is 15.7. The zero-order valence-electron chi connectivity index (χ0n) is 23.7. The SMILES string of the molecule is O=C1C2CC=C3C(CC4(Cl)C(=O)N(c5c(F)c(F)c(F)c(F)c5F)C(=O)C4(Cl)C3c3cc(Cl)ccc3O)C2C(=O)N1c1ccc(Cl)cc1. The lowest BCUT2D eigenvalue weighted by atomic mass is 9.56. The zero-order chi connectivity index (χ0) is 34.8. The van der Waals surface area contributed by atoms with E-state index in [-0.39, 0.29) is 33.2 Å². The summed E-state index contributed by atoms with van der Waals surface area (Å²) in [5, 5.41) is 11.4. The van der Waals surface area contributed by atoms with E-state index in [0.29, 0.717) is 5.02 Å². The van der Waals surface area contributed by atoms with Gasteiger partial charge in [-0.15, -0.1) is 23.2 Å². The number of carbonyl (C=O) groups is 4. The summed E-state index contributed by atoms with van der Waals surface area (Å²) in [6.45, 7) is 0. The minimum Gasteiger partial charge on any atom is -0.508 e. The second-order valence-corrected chi connectivity index (χ2v) is 14.0. The number of phenolic OH excluding ortho intramolecular Hbond substituents is 1. The van der Waals surface area contributed by atoms with Gasteiger partial charge in [-0.3, -0.25) is 24.1 Å². The molecule has 6 atom stereocenters. The van der Waals surface area contributed by atoms with Crippen LogP contribution in [0.4, 0.5) is 33.3 Å². The van der Waals surface area contributed by atoms with Gasteiger partial charge >= 0.3 is 0 Å². The summed E-state index contributed by atoms with van der Waals surface area (Å²) in [5.41, 5.74) is -1.73. The molecule has 16 heteroatoms. The van der Waals surface area contributed by atoms with E-state index in [2.05, 4.69) is 0 Å². The Morgan fingerprint density at radius 2 is 1.31 bits per heavy atom. The van der Waals surface area contributed by atoms with Crippen molar-refractivity contribution < 1.29 is 46.2 Å². The van der Waals surface area contributed by atoms with Crippen molar-refractivity contribution in [2.45, 2.75) is 28.5 Å². The van der Waals surface area contributed by atoms with Crippen molar-refractivity contribution in [2.75, 3.05) is 9.80 Å². The number of carbonyl (C=O) groups excluding carboxylic acids is 4. The Labute approximate surface area is 287 Å². The van der Waals surface area contributed by atoms with Crippen LogP contribution in [0.25, 0.3) is 0 Å². The predicted octanol–water partition coefficient (Wildman–Crippen LogP) is 7.16. The van der Waals surface area contributed by atoms with E-state index in [1.54, 1.807) is 0 Å². The van der Waals surface area contributed by atoms with Crippen LogP contribution in [0.15, 0.2) is 54.1 Å². The molecule has 0 aromatic heterocycles. The van der Waals surface area contributed by atoms with Gasteiger partial charge in [0.05, 0.1) is 17.5 Å². The first-order valence-electron chi connectivity index (χ1n) is 14.2. The number of aromatic hydroxyl groups is 1. The number of fused-ring (bicyclic) bond motifs is 4. The van der Waals surface area contributed by atoms with E-state index in [4.69, 9.17) is 46.4 Å². The number of hydrogen-bond acceptors (Lipinski definition) is 5. The molecule has 7 rings (SSSR count). The number of imide groups is 2. The average Bonchev–Trinajstić information content (AvgIpc) is 3.39. The standard InChI is InChI=1S/C32H17Cl4F5N2O5/c33-11-1-4-13(5-2-11)42-27(45)15-7-6-14-17(19(15)28(42)46)10-31(35)29(47)43(26-24(40)22(38)21(37)23(39)25(26)41)30(48)32(31,36)20(14)16-9-12(34)3-8-18(16)44/h1-6,8-9,15,17,19-20,44H,7,10H2. The van der Waals surface area contributed by atoms with Crippen LogP contribution >= 0.6 is 46.4 Å². The smallest absolute Gasteiger partial charge is 0.258 e. The molecule has 0 radical (unpaired) electrons. The van der Waals surface area contributed by atoms with Crippen LogP contribution in [0, 0.1) is 46.8 Å². The van der Waals surface area contributed by atoms with Crippen LogP contribution in [-0.4, -0.2) is 38.5 Å². The summed E-state index contributed by atoms with van der Waals surface area (Å²) in [6, 6.07) is 9.45. The number of hydrogen-bond donors (Lipinski definition) is 1. The topological polar surface area (TPSA) is 95.0 Å². The van der Waals surface area contributed by atoms with Crippen molar-refractivity contribution in [2.24, 2.45) is 17.8 Å². The minimum absolute atomic E-state index is 0.00840. The molecule has 3 aromatic rings. The summed E-state index contributed by atoms with van der Waals surface area (Å²) in [4.78, 5) is 51.3. The van der Waals surface area contributed by atoms with Crippen molar-refractivity contribution in [1.82, 2.24) is 0 Å². The zero-order valence-corrected chi connectivity index (χ0v) is 26.7. The Hall–Kier alpha value is -3.71. The fraction of sp³-hybridized carbons (Fsp3) is 0.250. The van der Waals surface area contributed by atoms with E-state index in [9.17, 15) is 37.5 Å². The molecule has 3 fully saturated rings. The molecule has 1 N–H and O–H groups in total. The Balaban J connectivity index is 1.44. The van der Waals surface area contributed by atoms with E-state index in [1.165, 1.54) is 42.5 Å². The Kier molecular flexibility index (Phi) is 7.45. The number of rotatable bonds is 3. The predicted molar refractivity (Wildman–Crippen MR) is 163 cm³/mol. The monoisotopic (exact) mass is 744 g/mol. The van der Waals surface area contributed by atoms with Gasteiger partial charge in [-0.05, 0) is 61.2 Å². The molecule has 3 aromatic carbocycles. The summed E-state index contributed by atoms with van der Waals surface area (Å²) in [7, 11) is 0. The lowest BCUT2D eigenvalue weighted by Gasteiger charge is -2.50. The average molecular weight is 746 g/mol. The molecule has 4 amide bonds. The number of nitrogens with zero attached hydrogens (tertiary/aromatic N) is 2. The molecule has 2 aliphatic heterocycles. The lowest BCUT2D eigenvalue weighted by Crippen LogP contribution is -2.60. The van der Waals surface area contributed by atoms with E-state index >= 15 is 8.78 Å². The fourth-order valence-electron chi connectivity index (χ4n) is 7.51. The highest BCUT2D eigenvalue weighted by atomic mass is 35.5. The molecule has 1 saturated carbocycles. The van der Waals surface area contributed by atoms with Gasteiger partial charge in [0.15, 0.2) is 33.0 Å². The highest BCUT2D eigenvalue weighted by Crippen LogP contribution is 2.67. The molecule has 2 aliphatic carbocycles. The van der Waals surface area contributed by atoms with Crippen LogP contribution in [0.3, 0.4) is 0 Å². The maximum Gasteiger partial charge on any atom is 0.258 e. The van der Waals surface area contributed by atoms with Crippen LogP contribution in [-0.2, 0) is 19.2 Å². The molecule has 0 bridgehead atoms. The van der Waals surface area contributed by atoms with Gasteiger partial charge in [-0.25, -0.2) is 26.9 Å². The van der Waals surface area contributed by atoms with Crippen LogP contribution in [0.2, 0.25) is 10.0 Å². The number of alkyl halides is 2. The summed E-state index contributed by atoms with van der Waals surface area (Å²) >= 11 is 26.3.